The second-order valence-corrected chi connectivity index (χ2v) is 12.3. The van der Waals surface area contributed by atoms with Crippen molar-refractivity contribution in [2.45, 2.75) is 43.6 Å². The molecule has 0 N–H and O–H groups in total. The number of nitrogens with zero attached hydrogens (tertiary/aromatic N) is 4. The van der Waals surface area contributed by atoms with Crippen LogP contribution in [0.4, 0.5) is 17.1 Å². The van der Waals surface area contributed by atoms with Crippen LogP contribution < -0.4 is 9.80 Å². The Balaban J connectivity index is 1.24. The van der Waals surface area contributed by atoms with Crippen LogP contribution >= 0.6 is 0 Å². The van der Waals surface area contributed by atoms with Gasteiger partial charge in [-0.2, -0.15) is 0 Å². The van der Waals surface area contributed by atoms with Crippen LogP contribution in [0, 0.1) is 0 Å². The first-order valence-electron chi connectivity index (χ1n) is 15.6. The molecule has 3 aliphatic heterocycles. The summed E-state index contributed by atoms with van der Waals surface area (Å²) in [6.07, 6.45) is 10.3. The lowest BCUT2D eigenvalue weighted by Gasteiger charge is -2.45. The monoisotopic (exact) mass is 558 g/mol. The maximum Gasteiger partial charge on any atom is 0.199 e. The van der Waals surface area contributed by atoms with Gasteiger partial charge in [-0.3, -0.25) is 0 Å². The molecule has 3 heterocycles. The summed E-state index contributed by atoms with van der Waals surface area (Å²) >= 11 is 0. The lowest BCUT2D eigenvalue weighted by molar-refractivity contribution is 0.309. The van der Waals surface area contributed by atoms with Gasteiger partial charge in [-0.1, -0.05) is 97.1 Å². The fourth-order valence-corrected chi connectivity index (χ4v) is 8.24. The molecule has 210 valence electrons. The van der Waals surface area contributed by atoms with E-state index in [0.717, 1.165) is 25.0 Å². The summed E-state index contributed by atoms with van der Waals surface area (Å²) in [6.45, 7) is 0. The lowest BCUT2D eigenvalue weighted by atomic mass is 9.83. The van der Waals surface area contributed by atoms with Crippen LogP contribution in [-0.4, -0.2) is 36.0 Å². The third-order valence-electron chi connectivity index (χ3n) is 10.0. The Bertz CT molecular complexity index is 1850. The topological polar surface area (TPSA) is 22.1 Å². The van der Waals surface area contributed by atoms with Crippen molar-refractivity contribution >= 4 is 34.0 Å². The van der Waals surface area contributed by atoms with Gasteiger partial charge < -0.3 is 14.7 Å². The van der Waals surface area contributed by atoms with Crippen LogP contribution in [0.1, 0.15) is 41.9 Å². The van der Waals surface area contributed by atoms with Gasteiger partial charge in [0.2, 0.25) is 0 Å². The zero-order valence-corrected chi connectivity index (χ0v) is 24.3. The summed E-state index contributed by atoms with van der Waals surface area (Å²) in [5, 5.41) is 0. The van der Waals surface area contributed by atoms with E-state index in [9.17, 15) is 0 Å². The fraction of sp³-hybridized carbons (Fsp3) is 0.205. The number of aliphatic imine (C=N–C) groups is 1. The number of hydrogen-bond acceptors (Lipinski definition) is 4. The highest BCUT2D eigenvalue weighted by Crippen LogP contribution is 2.52. The van der Waals surface area contributed by atoms with Crippen molar-refractivity contribution in [3.05, 3.63) is 150 Å². The van der Waals surface area contributed by atoms with E-state index in [1.807, 2.05) is 0 Å². The van der Waals surface area contributed by atoms with Gasteiger partial charge in [-0.25, -0.2) is 4.99 Å². The zero-order chi connectivity index (χ0) is 28.5. The molecule has 0 spiro atoms. The summed E-state index contributed by atoms with van der Waals surface area (Å²) in [5.41, 5.74) is 13.0. The van der Waals surface area contributed by atoms with Gasteiger partial charge in [0, 0.05) is 53.6 Å². The van der Waals surface area contributed by atoms with Gasteiger partial charge in [0.25, 0.3) is 0 Å². The molecule has 4 heteroatoms. The van der Waals surface area contributed by atoms with E-state index in [2.05, 4.69) is 149 Å². The summed E-state index contributed by atoms with van der Waals surface area (Å²) < 4.78 is 0. The molecule has 0 fully saturated rings. The van der Waals surface area contributed by atoms with E-state index in [4.69, 9.17) is 4.99 Å². The molecule has 5 aliphatic rings. The zero-order valence-electron chi connectivity index (χ0n) is 24.3. The molecule has 0 saturated heterocycles. The second-order valence-electron chi connectivity index (χ2n) is 12.3. The first-order valence-corrected chi connectivity index (χ1v) is 15.6. The minimum Gasteiger partial charge on any atom is -0.335 e. The van der Waals surface area contributed by atoms with E-state index >= 15 is 0 Å². The molecule has 4 aromatic carbocycles. The Morgan fingerprint density at radius 1 is 0.767 bits per heavy atom. The smallest absolute Gasteiger partial charge is 0.199 e. The Hall–Kier alpha value is -4.83. The van der Waals surface area contributed by atoms with Crippen molar-refractivity contribution in [2.75, 3.05) is 16.8 Å². The van der Waals surface area contributed by atoms with Crippen LogP contribution in [0.2, 0.25) is 0 Å². The first kappa shape index (κ1) is 24.7. The Kier molecular flexibility index (Phi) is 5.52. The number of fused-ring (bicyclic) bond motifs is 7. The maximum absolute atomic E-state index is 5.66. The third-order valence-corrected chi connectivity index (χ3v) is 10.0. The minimum absolute atomic E-state index is 0.119. The molecule has 4 aromatic rings. The molecular formula is C39H34N4. The normalized spacial score (nSPS) is 25.0. The van der Waals surface area contributed by atoms with Gasteiger partial charge in [0.15, 0.2) is 6.29 Å². The van der Waals surface area contributed by atoms with E-state index in [1.54, 1.807) is 0 Å². The first-order chi connectivity index (χ1) is 21.3. The fourth-order valence-electron chi connectivity index (χ4n) is 8.24. The molecule has 0 saturated carbocycles. The molecular weight excluding hydrogens is 524 g/mol. The van der Waals surface area contributed by atoms with Gasteiger partial charge in [0.1, 0.15) is 0 Å². The standard InChI is InChI=1S/C39H34N4/c1-41-38(26-14-4-2-5-15-26)32-25-37-31(30-20-10-11-21-34(30)42(37)27-16-6-3-7-17-27)24-33(32)40-39(41)43-35-22-12-8-18-28(35)29-19-9-13-23-36(29)43/h2-12,14-22,24,29,36-37,39H,13,23,25H2,1H3. The predicted molar refractivity (Wildman–Crippen MR) is 178 cm³/mol. The molecule has 0 bridgehead atoms. The Morgan fingerprint density at radius 3 is 2.33 bits per heavy atom. The van der Waals surface area contributed by atoms with Crippen LogP contribution in [-0.2, 0) is 0 Å². The van der Waals surface area contributed by atoms with E-state index in [1.165, 1.54) is 50.6 Å². The van der Waals surface area contributed by atoms with Gasteiger partial charge in [-0.05, 0) is 59.9 Å². The quantitative estimate of drug-likeness (QED) is 0.236. The second kappa shape index (κ2) is 9.60. The summed E-state index contributed by atoms with van der Waals surface area (Å²) in [6, 6.07) is 40.3. The van der Waals surface area contributed by atoms with Crippen LogP contribution in [0.15, 0.2) is 138 Å². The Labute approximate surface area is 253 Å². The molecule has 0 aromatic heterocycles. The molecule has 0 radical (unpaired) electrons. The summed E-state index contributed by atoms with van der Waals surface area (Å²) in [4.78, 5) is 13.3. The SMILES string of the molecule is CN1C(c2ccccc2)=C2CC3C(=CC2=NC1N1c2ccccc2C2C=CCCC21)c1ccccc1N3c1ccccc1. The molecule has 4 unspecified atom stereocenters. The predicted octanol–water partition coefficient (Wildman–Crippen LogP) is 8.40. The van der Waals surface area contributed by atoms with Crippen molar-refractivity contribution in [1.29, 1.82) is 0 Å². The molecule has 43 heavy (non-hydrogen) atoms. The average molecular weight is 559 g/mol. The van der Waals surface area contributed by atoms with Crippen molar-refractivity contribution in [3.8, 4) is 0 Å². The molecule has 4 atom stereocenters. The van der Waals surface area contributed by atoms with Crippen molar-refractivity contribution in [1.82, 2.24) is 4.90 Å². The van der Waals surface area contributed by atoms with Gasteiger partial charge >= 0.3 is 0 Å². The highest BCUT2D eigenvalue weighted by atomic mass is 15.5. The highest BCUT2D eigenvalue weighted by molar-refractivity contribution is 6.20. The van der Waals surface area contributed by atoms with Gasteiger partial charge in [0.05, 0.1) is 17.5 Å². The summed E-state index contributed by atoms with van der Waals surface area (Å²) in [7, 11) is 2.26. The van der Waals surface area contributed by atoms with Crippen molar-refractivity contribution in [3.63, 3.8) is 0 Å². The number of benzene rings is 4. The largest absolute Gasteiger partial charge is 0.335 e. The Morgan fingerprint density at radius 2 is 1.49 bits per heavy atom. The minimum atomic E-state index is -0.119. The molecule has 2 aliphatic carbocycles. The highest BCUT2D eigenvalue weighted by Gasteiger charge is 2.46. The van der Waals surface area contributed by atoms with Crippen molar-refractivity contribution in [2.24, 2.45) is 4.99 Å². The van der Waals surface area contributed by atoms with Crippen LogP contribution in [0.3, 0.4) is 0 Å². The maximum atomic E-state index is 5.66. The number of rotatable bonds is 3. The number of hydrogen-bond donors (Lipinski definition) is 0. The molecule has 9 rings (SSSR count). The number of allylic oxidation sites excluding steroid dienone is 2. The average Bonchev–Trinajstić information content (AvgIpc) is 3.57. The van der Waals surface area contributed by atoms with E-state index in [-0.39, 0.29) is 12.3 Å². The number of anilines is 3. The van der Waals surface area contributed by atoms with Crippen molar-refractivity contribution < 1.29 is 0 Å². The van der Waals surface area contributed by atoms with Crippen LogP contribution in [0.5, 0.6) is 0 Å². The number of para-hydroxylation sites is 3. The molecule has 0 amide bonds. The third kappa shape index (κ3) is 3.65. The molecule has 4 nitrogen and oxygen atoms in total. The van der Waals surface area contributed by atoms with E-state index in [0.29, 0.717) is 12.0 Å². The van der Waals surface area contributed by atoms with E-state index < -0.39 is 0 Å². The van der Waals surface area contributed by atoms with Crippen LogP contribution in [0.25, 0.3) is 11.3 Å². The lowest BCUT2D eigenvalue weighted by Crippen LogP contribution is -2.52. The summed E-state index contributed by atoms with van der Waals surface area (Å²) in [5.74, 6) is 0.416. The van der Waals surface area contributed by atoms with Gasteiger partial charge in [-0.15, -0.1) is 0 Å².